The summed E-state index contributed by atoms with van der Waals surface area (Å²) >= 11 is 0. The molecule has 38 heavy (non-hydrogen) atoms. The fourth-order valence-corrected chi connectivity index (χ4v) is 5.94. The Hall–Kier alpha value is -3.41. The van der Waals surface area contributed by atoms with Crippen molar-refractivity contribution in [3.05, 3.63) is 113 Å². The van der Waals surface area contributed by atoms with Crippen LogP contribution in [0.4, 0.5) is 0 Å². The first-order valence-electron chi connectivity index (χ1n) is 13.7. The number of hydrogen-bond acceptors (Lipinski definition) is 4. The highest BCUT2D eigenvalue weighted by Gasteiger charge is 2.46. The van der Waals surface area contributed by atoms with Gasteiger partial charge in [-0.2, -0.15) is 0 Å². The number of methoxy groups -OCH3 is 1. The van der Waals surface area contributed by atoms with Crippen LogP contribution in [-0.2, 0) is 16.7 Å². The van der Waals surface area contributed by atoms with Gasteiger partial charge in [0.1, 0.15) is 11.8 Å². The van der Waals surface area contributed by atoms with Crippen LogP contribution >= 0.6 is 0 Å². The molecular weight excluding hydrogens is 470 g/mol. The monoisotopic (exact) mass is 509 g/mol. The number of ether oxygens (including phenoxy) is 1. The van der Waals surface area contributed by atoms with Gasteiger partial charge in [0.25, 0.3) is 0 Å². The Balaban J connectivity index is 1.56. The van der Waals surface area contributed by atoms with E-state index in [1.807, 2.05) is 13.0 Å². The van der Waals surface area contributed by atoms with E-state index in [9.17, 15) is 5.11 Å². The maximum atomic E-state index is 11.6. The number of fused-ring (bicyclic) bond motifs is 2. The number of aryl methyl sites for hydroxylation is 1. The Morgan fingerprint density at radius 1 is 1.24 bits per heavy atom. The van der Waals surface area contributed by atoms with E-state index in [0.29, 0.717) is 0 Å². The zero-order valence-corrected chi connectivity index (χ0v) is 23.0. The van der Waals surface area contributed by atoms with Crippen LogP contribution in [0.5, 0.6) is 0 Å². The Morgan fingerprint density at radius 3 is 2.74 bits per heavy atom. The number of allylic oxidation sites excluding steroid dienone is 9. The molecule has 3 heterocycles. The van der Waals surface area contributed by atoms with Crippen molar-refractivity contribution in [2.24, 2.45) is 4.99 Å². The van der Waals surface area contributed by atoms with Crippen LogP contribution in [0.2, 0.25) is 0 Å². The number of hydrogen-bond donors (Lipinski definition) is 1. The quantitative estimate of drug-likeness (QED) is 0.440. The number of aliphatic hydroxyl groups is 1. The van der Waals surface area contributed by atoms with Gasteiger partial charge in [0.05, 0.1) is 30.0 Å². The van der Waals surface area contributed by atoms with Crippen molar-refractivity contribution in [3.8, 4) is 0 Å². The van der Waals surface area contributed by atoms with Crippen LogP contribution in [0.25, 0.3) is 5.70 Å². The van der Waals surface area contributed by atoms with Gasteiger partial charge in [-0.15, -0.1) is 0 Å². The van der Waals surface area contributed by atoms with Crippen LogP contribution in [0, 0.1) is 0 Å². The van der Waals surface area contributed by atoms with Crippen molar-refractivity contribution < 1.29 is 9.84 Å². The van der Waals surface area contributed by atoms with Crippen molar-refractivity contribution in [2.45, 2.75) is 64.3 Å². The lowest BCUT2D eigenvalue weighted by molar-refractivity contribution is -0.0456. The summed E-state index contributed by atoms with van der Waals surface area (Å²) in [6, 6.07) is 12.7. The van der Waals surface area contributed by atoms with E-state index in [-0.39, 0.29) is 6.04 Å². The minimum absolute atomic E-state index is 0.0174. The third kappa shape index (κ3) is 5.01. The summed E-state index contributed by atoms with van der Waals surface area (Å²) < 4.78 is 7.79. The molecule has 2 aromatic rings. The molecule has 2 aliphatic heterocycles. The van der Waals surface area contributed by atoms with Crippen LogP contribution in [0.1, 0.15) is 63.1 Å². The van der Waals surface area contributed by atoms with Gasteiger partial charge >= 0.3 is 0 Å². The lowest BCUT2D eigenvalue weighted by Gasteiger charge is -2.47. The number of rotatable bonds is 6. The predicted octanol–water partition coefficient (Wildman–Crippen LogP) is 6.71. The van der Waals surface area contributed by atoms with E-state index in [4.69, 9.17) is 9.73 Å². The summed E-state index contributed by atoms with van der Waals surface area (Å²) in [5.41, 5.74) is 6.31. The summed E-state index contributed by atoms with van der Waals surface area (Å²) in [5.74, 6) is 0.829. The number of nitrogens with zero attached hydrogens (tertiary/aromatic N) is 3. The van der Waals surface area contributed by atoms with Crippen LogP contribution in [0.15, 0.2) is 101 Å². The average molecular weight is 510 g/mol. The SMILES string of the molecule is C/C=C1\C(/C=C(\C)OC)=NC2(CCN(C(O)c3ccc(CC)cc3)C(C=C3C=CC=CC3)C2)c2cccn21. The second-order valence-electron chi connectivity index (χ2n) is 10.4. The van der Waals surface area contributed by atoms with E-state index in [1.165, 1.54) is 16.8 Å². The summed E-state index contributed by atoms with van der Waals surface area (Å²) in [7, 11) is 1.70. The zero-order chi connectivity index (χ0) is 26.7. The molecule has 3 atom stereocenters. The predicted molar refractivity (Wildman–Crippen MR) is 156 cm³/mol. The van der Waals surface area contributed by atoms with Crippen molar-refractivity contribution in [1.82, 2.24) is 9.47 Å². The maximum Gasteiger partial charge on any atom is 0.134 e. The van der Waals surface area contributed by atoms with Crippen LogP contribution in [-0.4, -0.2) is 40.0 Å². The Kier molecular flexibility index (Phi) is 7.68. The number of aliphatic hydroxyl groups excluding tert-OH is 1. The fourth-order valence-electron chi connectivity index (χ4n) is 5.94. The number of aliphatic imine (C=N–C) groups is 1. The smallest absolute Gasteiger partial charge is 0.134 e. The summed E-state index contributed by atoms with van der Waals surface area (Å²) in [6.45, 7) is 6.90. The molecule has 1 spiro atoms. The first-order valence-corrected chi connectivity index (χ1v) is 13.7. The molecule has 0 saturated carbocycles. The highest BCUT2D eigenvalue weighted by molar-refractivity contribution is 6.25. The molecule has 0 bridgehead atoms. The molecule has 5 rings (SSSR count). The molecule has 1 fully saturated rings. The zero-order valence-electron chi connectivity index (χ0n) is 23.0. The van der Waals surface area contributed by atoms with Gasteiger partial charge < -0.3 is 14.4 Å². The fraction of sp³-hybridized carbons (Fsp3) is 0.364. The van der Waals surface area contributed by atoms with Crippen molar-refractivity contribution in [1.29, 1.82) is 0 Å². The molecule has 1 N–H and O–H groups in total. The van der Waals surface area contributed by atoms with Gasteiger partial charge in [0.15, 0.2) is 0 Å². The summed E-state index contributed by atoms with van der Waals surface area (Å²) in [6.07, 6.45) is 20.0. The Morgan fingerprint density at radius 2 is 2.05 bits per heavy atom. The third-order valence-electron chi connectivity index (χ3n) is 8.09. The number of piperidine rings is 1. The lowest BCUT2D eigenvalue weighted by atomic mass is 9.78. The molecule has 0 radical (unpaired) electrons. The summed E-state index contributed by atoms with van der Waals surface area (Å²) in [5, 5.41) is 11.6. The number of benzene rings is 1. The second-order valence-corrected chi connectivity index (χ2v) is 10.4. The molecule has 1 aromatic carbocycles. The lowest BCUT2D eigenvalue weighted by Crippen LogP contribution is -2.51. The molecule has 3 unspecified atom stereocenters. The molecule has 3 aliphatic rings. The first-order chi connectivity index (χ1) is 18.5. The van der Waals surface area contributed by atoms with Gasteiger partial charge in [0.2, 0.25) is 0 Å². The van der Waals surface area contributed by atoms with Gasteiger partial charge in [-0.05, 0) is 68.4 Å². The highest BCUT2D eigenvalue weighted by atomic mass is 16.5. The van der Waals surface area contributed by atoms with Crippen molar-refractivity contribution in [3.63, 3.8) is 0 Å². The Bertz CT molecular complexity index is 1340. The molecule has 1 aromatic heterocycles. The molecule has 198 valence electrons. The summed E-state index contributed by atoms with van der Waals surface area (Å²) in [4.78, 5) is 7.71. The minimum Gasteiger partial charge on any atom is -0.501 e. The molecule has 5 heteroatoms. The van der Waals surface area contributed by atoms with Gasteiger partial charge in [-0.1, -0.05) is 67.6 Å². The van der Waals surface area contributed by atoms with E-state index in [0.717, 1.165) is 55.0 Å². The van der Waals surface area contributed by atoms with E-state index in [1.54, 1.807) is 7.11 Å². The van der Waals surface area contributed by atoms with Crippen molar-refractivity contribution >= 4 is 11.4 Å². The largest absolute Gasteiger partial charge is 0.501 e. The molecule has 5 nitrogen and oxygen atoms in total. The highest BCUT2D eigenvalue weighted by Crippen LogP contribution is 2.46. The molecule has 1 saturated heterocycles. The molecule has 0 amide bonds. The van der Waals surface area contributed by atoms with Crippen molar-refractivity contribution in [2.75, 3.05) is 13.7 Å². The molecule has 1 aliphatic carbocycles. The maximum absolute atomic E-state index is 11.6. The third-order valence-corrected chi connectivity index (χ3v) is 8.09. The Labute approximate surface area is 226 Å². The average Bonchev–Trinajstić information content (AvgIpc) is 3.45. The van der Waals surface area contributed by atoms with Gasteiger partial charge in [0, 0.05) is 24.9 Å². The van der Waals surface area contributed by atoms with Crippen LogP contribution < -0.4 is 0 Å². The second kappa shape index (κ2) is 11.1. The van der Waals surface area contributed by atoms with Gasteiger partial charge in [-0.25, -0.2) is 0 Å². The minimum atomic E-state index is -0.677. The number of likely N-dealkylation sites (tertiary alicyclic amines) is 1. The van der Waals surface area contributed by atoms with Gasteiger partial charge in [-0.3, -0.25) is 9.89 Å². The van der Waals surface area contributed by atoms with E-state index in [2.05, 4.69) is 102 Å². The standard InChI is InChI=1S/C33H39N3O2/c1-5-25-14-16-27(17-15-25)32(37)35-20-18-33(23-28(35)22-26-11-8-7-9-12-26)31-13-10-19-36(31)30(6-2)29(34-33)21-24(3)38-4/h6-11,13-17,19,21-22,28,32,37H,5,12,18,20,23H2,1-4H3/b24-21+,26-22?,30-6+. The van der Waals surface area contributed by atoms with E-state index < -0.39 is 11.8 Å². The first kappa shape index (κ1) is 26.2. The number of aromatic nitrogens is 1. The topological polar surface area (TPSA) is 50.0 Å². The van der Waals surface area contributed by atoms with E-state index >= 15 is 0 Å². The normalized spacial score (nSPS) is 26.6. The molecular formula is C33H39N3O2. The van der Waals surface area contributed by atoms with Crippen LogP contribution in [0.3, 0.4) is 0 Å².